The van der Waals surface area contributed by atoms with Gasteiger partial charge in [-0.05, 0) is 5.41 Å². The molecular formula is C11H22N2O. The zero-order valence-electron chi connectivity index (χ0n) is 9.60. The molecule has 3 heteroatoms. The predicted molar refractivity (Wildman–Crippen MR) is 58.4 cm³/mol. The standard InChI is InChI=1S/C11H22N2O/c1-11(2,3)8-10(14)9-13-6-4-12-5-7-13/h12H,4-9H2,1-3H3. The van der Waals surface area contributed by atoms with Crippen LogP contribution < -0.4 is 5.32 Å². The van der Waals surface area contributed by atoms with Crippen molar-refractivity contribution in [3.8, 4) is 0 Å². The Morgan fingerprint density at radius 2 is 1.86 bits per heavy atom. The van der Waals surface area contributed by atoms with Crippen molar-refractivity contribution in [2.45, 2.75) is 27.2 Å². The minimum Gasteiger partial charge on any atom is -0.314 e. The van der Waals surface area contributed by atoms with Gasteiger partial charge in [0.2, 0.25) is 0 Å². The molecule has 0 saturated carbocycles. The molecule has 0 aromatic heterocycles. The van der Waals surface area contributed by atoms with Gasteiger partial charge in [0.25, 0.3) is 0 Å². The predicted octanol–water partition coefficient (Wildman–Crippen LogP) is 0.897. The molecule has 1 heterocycles. The molecule has 0 aromatic rings. The van der Waals surface area contributed by atoms with E-state index < -0.39 is 0 Å². The molecule has 0 unspecified atom stereocenters. The summed E-state index contributed by atoms with van der Waals surface area (Å²) in [7, 11) is 0. The average molecular weight is 198 g/mol. The Kier molecular flexibility index (Phi) is 4.08. The monoisotopic (exact) mass is 198 g/mol. The van der Waals surface area contributed by atoms with Crippen LogP contribution in [0.25, 0.3) is 0 Å². The molecule has 1 saturated heterocycles. The van der Waals surface area contributed by atoms with Gasteiger partial charge in [-0.3, -0.25) is 9.69 Å². The fourth-order valence-electron chi connectivity index (χ4n) is 1.77. The quantitative estimate of drug-likeness (QED) is 0.731. The lowest BCUT2D eigenvalue weighted by Gasteiger charge is -2.27. The molecule has 82 valence electrons. The van der Waals surface area contributed by atoms with Gasteiger partial charge < -0.3 is 5.32 Å². The van der Waals surface area contributed by atoms with Crippen LogP contribution in [-0.2, 0) is 4.79 Å². The number of hydrogen-bond donors (Lipinski definition) is 1. The van der Waals surface area contributed by atoms with Crippen LogP contribution in [0.5, 0.6) is 0 Å². The molecule has 1 rings (SSSR count). The zero-order valence-corrected chi connectivity index (χ0v) is 9.60. The Bertz CT molecular complexity index is 190. The van der Waals surface area contributed by atoms with Crippen LogP contribution >= 0.6 is 0 Å². The first-order chi connectivity index (χ1) is 6.47. The van der Waals surface area contributed by atoms with Crippen molar-refractivity contribution >= 4 is 5.78 Å². The van der Waals surface area contributed by atoms with Crippen LogP contribution in [0.1, 0.15) is 27.2 Å². The van der Waals surface area contributed by atoms with Crippen LogP contribution in [0, 0.1) is 5.41 Å². The van der Waals surface area contributed by atoms with Crippen molar-refractivity contribution in [3.63, 3.8) is 0 Å². The molecule has 0 bridgehead atoms. The highest BCUT2D eigenvalue weighted by molar-refractivity contribution is 5.81. The maximum atomic E-state index is 11.7. The number of Topliss-reactive ketones (excluding diaryl/α,β-unsaturated/α-hetero) is 1. The van der Waals surface area contributed by atoms with Crippen LogP contribution in [-0.4, -0.2) is 43.4 Å². The molecule has 3 nitrogen and oxygen atoms in total. The SMILES string of the molecule is CC(C)(C)CC(=O)CN1CCNCC1. The van der Waals surface area contributed by atoms with Crippen LogP contribution in [0.2, 0.25) is 0 Å². The third kappa shape index (κ3) is 4.72. The molecule has 1 N–H and O–H groups in total. The summed E-state index contributed by atoms with van der Waals surface area (Å²) in [5, 5.41) is 3.28. The lowest BCUT2D eigenvalue weighted by molar-refractivity contribution is -0.122. The maximum absolute atomic E-state index is 11.7. The van der Waals surface area contributed by atoms with E-state index in [4.69, 9.17) is 0 Å². The minimum absolute atomic E-state index is 0.130. The average Bonchev–Trinajstić information content (AvgIpc) is 2.02. The molecule has 1 fully saturated rings. The lowest BCUT2D eigenvalue weighted by atomic mass is 9.90. The second kappa shape index (κ2) is 4.89. The van der Waals surface area contributed by atoms with Gasteiger partial charge in [0.05, 0.1) is 6.54 Å². The first-order valence-corrected chi connectivity index (χ1v) is 5.42. The van der Waals surface area contributed by atoms with Crippen LogP contribution in [0.3, 0.4) is 0 Å². The van der Waals surface area contributed by atoms with Crippen molar-refractivity contribution in [2.75, 3.05) is 32.7 Å². The van der Waals surface area contributed by atoms with Gasteiger partial charge in [-0.1, -0.05) is 20.8 Å². The highest BCUT2D eigenvalue weighted by Crippen LogP contribution is 2.18. The Balaban J connectivity index is 2.25. The van der Waals surface area contributed by atoms with Crippen molar-refractivity contribution in [2.24, 2.45) is 5.41 Å². The van der Waals surface area contributed by atoms with E-state index in [0.29, 0.717) is 18.7 Å². The summed E-state index contributed by atoms with van der Waals surface area (Å²) in [6, 6.07) is 0. The minimum atomic E-state index is 0.130. The van der Waals surface area contributed by atoms with E-state index in [1.165, 1.54) is 0 Å². The number of carbonyl (C=O) groups is 1. The zero-order chi connectivity index (χ0) is 10.6. The summed E-state index contributed by atoms with van der Waals surface area (Å²) < 4.78 is 0. The van der Waals surface area contributed by atoms with Crippen molar-refractivity contribution in [3.05, 3.63) is 0 Å². The molecule has 1 aliphatic heterocycles. The highest BCUT2D eigenvalue weighted by atomic mass is 16.1. The number of nitrogens with one attached hydrogen (secondary N) is 1. The topological polar surface area (TPSA) is 32.3 Å². The Morgan fingerprint density at radius 1 is 1.29 bits per heavy atom. The molecule has 14 heavy (non-hydrogen) atoms. The van der Waals surface area contributed by atoms with E-state index in [1.807, 2.05) is 0 Å². The van der Waals surface area contributed by atoms with E-state index in [9.17, 15) is 4.79 Å². The van der Waals surface area contributed by atoms with E-state index >= 15 is 0 Å². The first kappa shape index (κ1) is 11.7. The fourth-order valence-corrected chi connectivity index (χ4v) is 1.77. The molecule has 0 spiro atoms. The lowest BCUT2D eigenvalue weighted by Crippen LogP contribution is -2.45. The molecule has 0 aliphatic carbocycles. The highest BCUT2D eigenvalue weighted by Gasteiger charge is 2.19. The summed E-state index contributed by atoms with van der Waals surface area (Å²) in [4.78, 5) is 13.9. The van der Waals surface area contributed by atoms with E-state index in [0.717, 1.165) is 26.2 Å². The second-order valence-electron chi connectivity index (χ2n) is 5.30. The number of rotatable bonds is 3. The maximum Gasteiger partial charge on any atom is 0.147 e. The smallest absolute Gasteiger partial charge is 0.147 e. The number of ketones is 1. The summed E-state index contributed by atoms with van der Waals surface area (Å²) in [5.74, 6) is 0.374. The van der Waals surface area contributed by atoms with Crippen molar-refractivity contribution in [1.82, 2.24) is 10.2 Å². The molecule has 0 aromatic carbocycles. The van der Waals surface area contributed by atoms with Gasteiger partial charge in [-0.2, -0.15) is 0 Å². The van der Waals surface area contributed by atoms with Crippen molar-refractivity contribution < 1.29 is 4.79 Å². The van der Waals surface area contributed by atoms with E-state index in [-0.39, 0.29) is 5.41 Å². The van der Waals surface area contributed by atoms with Crippen LogP contribution in [0.4, 0.5) is 0 Å². The number of hydrogen-bond acceptors (Lipinski definition) is 3. The third-order valence-electron chi connectivity index (χ3n) is 2.34. The Labute approximate surface area is 86.9 Å². The summed E-state index contributed by atoms with van der Waals surface area (Å²) >= 11 is 0. The number of nitrogens with zero attached hydrogens (tertiary/aromatic N) is 1. The summed E-state index contributed by atoms with van der Waals surface area (Å²) in [6.45, 7) is 11.0. The van der Waals surface area contributed by atoms with Gasteiger partial charge in [0, 0.05) is 32.6 Å². The van der Waals surface area contributed by atoms with Gasteiger partial charge in [-0.25, -0.2) is 0 Å². The van der Waals surface area contributed by atoms with Gasteiger partial charge in [0.15, 0.2) is 0 Å². The summed E-state index contributed by atoms with van der Waals surface area (Å²) in [6.07, 6.45) is 0.691. The van der Waals surface area contributed by atoms with E-state index in [1.54, 1.807) is 0 Å². The molecule has 0 atom stereocenters. The first-order valence-electron chi connectivity index (χ1n) is 5.42. The van der Waals surface area contributed by atoms with Crippen molar-refractivity contribution in [1.29, 1.82) is 0 Å². The van der Waals surface area contributed by atoms with E-state index in [2.05, 4.69) is 31.0 Å². The fraction of sp³-hybridized carbons (Fsp3) is 0.909. The molecule has 0 radical (unpaired) electrons. The van der Waals surface area contributed by atoms with Crippen LogP contribution in [0.15, 0.2) is 0 Å². The molecule has 0 amide bonds. The third-order valence-corrected chi connectivity index (χ3v) is 2.34. The Morgan fingerprint density at radius 3 is 2.36 bits per heavy atom. The molecular weight excluding hydrogens is 176 g/mol. The number of carbonyl (C=O) groups excluding carboxylic acids is 1. The second-order valence-corrected chi connectivity index (χ2v) is 5.30. The molecule has 1 aliphatic rings. The van der Waals surface area contributed by atoms with Gasteiger partial charge in [0.1, 0.15) is 5.78 Å². The number of piperazine rings is 1. The normalized spacial score (nSPS) is 19.6. The summed E-state index contributed by atoms with van der Waals surface area (Å²) in [5.41, 5.74) is 0.130. The Hall–Kier alpha value is -0.410. The van der Waals surface area contributed by atoms with Gasteiger partial charge >= 0.3 is 0 Å². The largest absolute Gasteiger partial charge is 0.314 e. The van der Waals surface area contributed by atoms with Gasteiger partial charge in [-0.15, -0.1) is 0 Å².